The van der Waals surface area contributed by atoms with Crippen LogP contribution >= 0.6 is 11.6 Å². The summed E-state index contributed by atoms with van der Waals surface area (Å²) in [5.41, 5.74) is 3.49. The number of benzene rings is 4. The highest BCUT2D eigenvalue weighted by Gasteiger charge is 2.12. The van der Waals surface area contributed by atoms with Crippen molar-refractivity contribution < 1.29 is 0 Å². The van der Waals surface area contributed by atoms with Crippen molar-refractivity contribution in [1.29, 1.82) is 0 Å². The second kappa shape index (κ2) is 5.12. The molecule has 0 saturated carbocycles. The van der Waals surface area contributed by atoms with E-state index < -0.39 is 0 Å². The van der Waals surface area contributed by atoms with E-state index in [4.69, 9.17) is 11.6 Å². The van der Waals surface area contributed by atoms with Crippen molar-refractivity contribution >= 4 is 44.2 Å². The largest absolute Gasteiger partial charge is 0.309 e. The van der Waals surface area contributed by atoms with Gasteiger partial charge in [0.05, 0.1) is 16.1 Å². The molecule has 114 valence electrons. The van der Waals surface area contributed by atoms with Gasteiger partial charge in [0.2, 0.25) is 0 Å². The summed E-state index contributed by atoms with van der Waals surface area (Å²) < 4.78 is 2.29. The minimum atomic E-state index is 0.782. The van der Waals surface area contributed by atoms with Gasteiger partial charge in [-0.1, -0.05) is 72.3 Å². The average molecular weight is 328 g/mol. The van der Waals surface area contributed by atoms with E-state index in [-0.39, 0.29) is 0 Å². The van der Waals surface area contributed by atoms with Gasteiger partial charge in [-0.25, -0.2) is 0 Å². The standard InChI is InChI=1S/C22H14ClN/c23-20-14-16(13-15-7-1-2-8-17(15)20)24-21-11-5-3-9-18(21)19-10-4-6-12-22(19)24/h1-14H. The Hall–Kier alpha value is -2.77. The average Bonchev–Trinajstić information content (AvgIpc) is 2.96. The van der Waals surface area contributed by atoms with Crippen molar-refractivity contribution in [2.45, 2.75) is 0 Å². The smallest absolute Gasteiger partial charge is 0.0541 e. The van der Waals surface area contributed by atoms with E-state index in [1.54, 1.807) is 0 Å². The van der Waals surface area contributed by atoms with E-state index in [1.807, 2.05) is 12.1 Å². The Bertz CT molecular complexity index is 1160. The molecule has 0 aliphatic carbocycles. The van der Waals surface area contributed by atoms with Gasteiger partial charge in [0, 0.05) is 21.8 Å². The zero-order valence-electron chi connectivity index (χ0n) is 12.9. The monoisotopic (exact) mass is 327 g/mol. The van der Waals surface area contributed by atoms with Gasteiger partial charge in [-0.3, -0.25) is 0 Å². The summed E-state index contributed by atoms with van der Waals surface area (Å²) in [6, 6.07) is 29.5. The molecule has 1 nitrogen and oxygen atoms in total. The van der Waals surface area contributed by atoms with E-state index in [2.05, 4.69) is 77.4 Å². The Kier molecular flexibility index (Phi) is 2.91. The van der Waals surface area contributed by atoms with Gasteiger partial charge in [-0.05, 0) is 29.7 Å². The highest BCUT2D eigenvalue weighted by Crippen LogP contribution is 2.34. The molecule has 1 heterocycles. The summed E-state index contributed by atoms with van der Waals surface area (Å²) in [6.45, 7) is 0. The van der Waals surface area contributed by atoms with Crippen LogP contribution in [0.2, 0.25) is 5.02 Å². The predicted octanol–water partition coefficient (Wildman–Crippen LogP) is 6.59. The highest BCUT2D eigenvalue weighted by atomic mass is 35.5. The lowest BCUT2D eigenvalue weighted by molar-refractivity contribution is 1.19. The molecule has 5 rings (SSSR count). The maximum Gasteiger partial charge on any atom is 0.0541 e. The Morgan fingerprint density at radius 1 is 0.583 bits per heavy atom. The number of hydrogen-bond acceptors (Lipinski definition) is 0. The van der Waals surface area contributed by atoms with E-state index in [0.717, 1.165) is 21.5 Å². The molecule has 2 heteroatoms. The fraction of sp³-hybridized carbons (Fsp3) is 0. The van der Waals surface area contributed by atoms with Crippen molar-refractivity contribution in [3.63, 3.8) is 0 Å². The molecule has 0 N–H and O–H groups in total. The molecule has 0 radical (unpaired) electrons. The second-order valence-corrected chi connectivity index (χ2v) is 6.43. The van der Waals surface area contributed by atoms with Gasteiger partial charge in [-0.15, -0.1) is 0 Å². The van der Waals surface area contributed by atoms with Crippen LogP contribution in [0.25, 0.3) is 38.3 Å². The summed E-state index contributed by atoms with van der Waals surface area (Å²) >= 11 is 6.57. The zero-order valence-corrected chi connectivity index (χ0v) is 13.7. The van der Waals surface area contributed by atoms with Crippen LogP contribution in [-0.2, 0) is 0 Å². The molecule has 0 aliphatic rings. The van der Waals surface area contributed by atoms with Crippen LogP contribution in [0.1, 0.15) is 0 Å². The van der Waals surface area contributed by atoms with Crippen LogP contribution in [0.4, 0.5) is 0 Å². The number of fused-ring (bicyclic) bond motifs is 4. The Morgan fingerprint density at radius 3 is 1.79 bits per heavy atom. The fourth-order valence-corrected chi connectivity index (χ4v) is 3.86. The first-order valence-corrected chi connectivity index (χ1v) is 8.37. The molecule has 0 fully saturated rings. The third-order valence-corrected chi connectivity index (χ3v) is 4.95. The molecule has 0 aliphatic heterocycles. The lowest BCUT2D eigenvalue weighted by atomic mass is 10.1. The van der Waals surface area contributed by atoms with Gasteiger partial charge >= 0.3 is 0 Å². The Balaban J connectivity index is 1.95. The molecular formula is C22H14ClN. The van der Waals surface area contributed by atoms with Crippen LogP contribution < -0.4 is 0 Å². The summed E-state index contributed by atoms with van der Waals surface area (Å²) in [7, 11) is 0. The minimum Gasteiger partial charge on any atom is -0.309 e. The van der Waals surface area contributed by atoms with Crippen molar-refractivity contribution in [3.8, 4) is 5.69 Å². The van der Waals surface area contributed by atoms with Gasteiger partial charge in [0.25, 0.3) is 0 Å². The maximum atomic E-state index is 6.57. The molecule has 4 aromatic carbocycles. The molecule has 24 heavy (non-hydrogen) atoms. The number of nitrogens with zero attached hydrogens (tertiary/aromatic N) is 1. The normalized spacial score (nSPS) is 11.5. The van der Waals surface area contributed by atoms with Gasteiger partial charge in [0.15, 0.2) is 0 Å². The number of aromatic nitrogens is 1. The van der Waals surface area contributed by atoms with Crippen molar-refractivity contribution in [1.82, 2.24) is 4.57 Å². The topological polar surface area (TPSA) is 4.93 Å². The summed E-state index contributed by atoms with van der Waals surface area (Å²) in [4.78, 5) is 0. The lowest BCUT2D eigenvalue weighted by Gasteiger charge is -2.10. The summed E-state index contributed by atoms with van der Waals surface area (Å²) in [6.07, 6.45) is 0. The van der Waals surface area contributed by atoms with Gasteiger partial charge < -0.3 is 4.57 Å². The number of hydrogen-bond donors (Lipinski definition) is 0. The third kappa shape index (κ3) is 1.88. The van der Waals surface area contributed by atoms with Gasteiger partial charge in [0.1, 0.15) is 0 Å². The Morgan fingerprint density at radius 2 is 1.12 bits per heavy atom. The first-order chi connectivity index (χ1) is 11.8. The van der Waals surface area contributed by atoms with E-state index in [9.17, 15) is 0 Å². The van der Waals surface area contributed by atoms with Crippen LogP contribution in [0.5, 0.6) is 0 Å². The van der Waals surface area contributed by atoms with Crippen LogP contribution in [0, 0.1) is 0 Å². The minimum absolute atomic E-state index is 0.782. The molecule has 1 aromatic heterocycles. The van der Waals surface area contributed by atoms with E-state index >= 15 is 0 Å². The Labute approximate surface area is 144 Å². The number of halogens is 1. The van der Waals surface area contributed by atoms with Crippen molar-refractivity contribution in [2.75, 3.05) is 0 Å². The number of rotatable bonds is 1. The first-order valence-electron chi connectivity index (χ1n) is 8.00. The maximum absolute atomic E-state index is 6.57. The molecule has 0 unspecified atom stereocenters. The summed E-state index contributed by atoms with van der Waals surface area (Å²) in [5.74, 6) is 0. The van der Waals surface area contributed by atoms with Gasteiger partial charge in [-0.2, -0.15) is 0 Å². The molecule has 0 atom stereocenters. The fourth-order valence-electron chi connectivity index (χ4n) is 3.58. The van der Waals surface area contributed by atoms with Crippen molar-refractivity contribution in [2.24, 2.45) is 0 Å². The first kappa shape index (κ1) is 13.6. The molecule has 0 amide bonds. The molecular weight excluding hydrogens is 314 g/mol. The van der Waals surface area contributed by atoms with Crippen LogP contribution in [-0.4, -0.2) is 4.57 Å². The quantitative estimate of drug-likeness (QED) is 0.327. The lowest BCUT2D eigenvalue weighted by Crippen LogP contribution is -1.94. The van der Waals surface area contributed by atoms with Crippen molar-refractivity contribution in [3.05, 3.63) is 90.0 Å². The third-order valence-electron chi connectivity index (χ3n) is 4.63. The van der Waals surface area contributed by atoms with E-state index in [0.29, 0.717) is 0 Å². The molecule has 0 bridgehead atoms. The molecule has 0 saturated heterocycles. The zero-order chi connectivity index (χ0) is 16.1. The highest BCUT2D eigenvalue weighted by molar-refractivity contribution is 6.35. The molecule has 5 aromatic rings. The molecule has 0 spiro atoms. The van der Waals surface area contributed by atoms with E-state index in [1.165, 1.54) is 21.8 Å². The predicted molar refractivity (Wildman–Crippen MR) is 103 cm³/mol. The second-order valence-electron chi connectivity index (χ2n) is 6.02. The van der Waals surface area contributed by atoms with Crippen LogP contribution in [0.15, 0.2) is 84.9 Å². The van der Waals surface area contributed by atoms with Crippen LogP contribution in [0.3, 0.4) is 0 Å². The SMILES string of the molecule is Clc1cc(-n2c3ccccc3c3ccccc32)cc2ccccc12. The number of para-hydroxylation sites is 2. The summed E-state index contributed by atoms with van der Waals surface area (Å²) in [5, 5.41) is 5.55.